The van der Waals surface area contributed by atoms with E-state index in [9.17, 15) is 4.79 Å². The van der Waals surface area contributed by atoms with Crippen LogP contribution < -0.4 is 14.9 Å². The van der Waals surface area contributed by atoms with Gasteiger partial charge in [-0.3, -0.25) is 4.79 Å². The molecule has 0 aliphatic carbocycles. The Morgan fingerprint density at radius 2 is 1.59 bits per heavy atom. The fourth-order valence-corrected chi connectivity index (χ4v) is 3.24. The van der Waals surface area contributed by atoms with Crippen molar-refractivity contribution in [2.24, 2.45) is 5.10 Å². The molecule has 0 atom stereocenters. The zero-order valence-corrected chi connectivity index (χ0v) is 19.4. The molecule has 3 aromatic carbocycles. The molecule has 0 bridgehead atoms. The number of carbonyl (C=O) groups excluding carboxylic acids is 1. The first-order chi connectivity index (χ1) is 16.6. The molecule has 4 aromatic rings. The van der Waals surface area contributed by atoms with Crippen molar-refractivity contribution in [3.8, 4) is 11.5 Å². The normalized spacial score (nSPS) is 10.9. The van der Waals surface area contributed by atoms with Gasteiger partial charge in [0.15, 0.2) is 5.76 Å². The van der Waals surface area contributed by atoms with Crippen LogP contribution in [0.3, 0.4) is 0 Å². The first-order valence-corrected chi connectivity index (χ1v) is 11.1. The van der Waals surface area contributed by atoms with Crippen LogP contribution in [0.5, 0.6) is 11.5 Å². The van der Waals surface area contributed by atoms with Crippen molar-refractivity contribution in [2.75, 3.05) is 0 Å². The average molecular weight is 495 g/mol. The number of amides is 1. The number of nitrogens with zero attached hydrogens (tertiary/aromatic N) is 1. The van der Waals surface area contributed by atoms with Crippen molar-refractivity contribution in [3.63, 3.8) is 0 Å². The van der Waals surface area contributed by atoms with Crippen LogP contribution in [0, 0.1) is 0 Å². The SMILES string of the molecule is O=C(NN=Cc1ccc(OCc2ccc(Cl)c(Cl)c2)cc1)c1ccc(COc2ccccc2)o1. The van der Waals surface area contributed by atoms with Crippen molar-refractivity contribution in [2.45, 2.75) is 13.2 Å². The van der Waals surface area contributed by atoms with Crippen LogP contribution in [0.25, 0.3) is 0 Å². The maximum absolute atomic E-state index is 12.2. The van der Waals surface area contributed by atoms with Crippen LogP contribution in [0.1, 0.15) is 27.4 Å². The van der Waals surface area contributed by atoms with E-state index in [4.69, 9.17) is 37.1 Å². The third-order valence-corrected chi connectivity index (χ3v) is 5.40. The molecule has 0 saturated carbocycles. The van der Waals surface area contributed by atoms with Gasteiger partial charge >= 0.3 is 5.91 Å². The Balaban J connectivity index is 1.24. The zero-order valence-electron chi connectivity index (χ0n) is 17.9. The number of rotatable bonds is 9. The molecule has 0 spiro atoms. The van der Waals surface area contributed by atoms with Gasteiger partial charge in [-0.05, 0) is 71.8 Å². The van der Waals surface area contributed by atoms with E-state index in [-0.39, 0.29) is 12.4 Å². The molecule has 0 saturated heterocycles. The molecule has 0 aliphatic rings. The van der Waals surface area contributed by atoms with Crippen molar-refractivity contribution in [1.82, 2.24) is 5.43 Å². The van der Waals surface area contributed by atoms with Crippen molar-refractivity contribution >= 4 is 35.3 Å². The molecule has 172 valence electrons. The monoisotopic (exact) mass is 494 g/mol. The smallest absolute Gasteiger partial charge is 0.307 e. The maximum Gasteiger partial charge on any atom is 0.307 e. The molecule has 4 rings (SSSR count). The second-order valence-electron chi connectivity index (χ2n) is 7.17. The van der Waals surface area contributed by atoms with Crippen LogP contribution >= 0.6 is 23.2 Å². The number of para-hydroxylation sites is 1. The second kappa shape index (κ2) is 11.4. The Morgan fingerprint density at radius 1 is 0.853 bits per heavy atom. The van der Waals surface area contributed by atoms with Gasteiger partial charge in [0.25, 0.3) is 0 Å². The lowest BCUT2D eigenvalue weighted by molar-refractivity contribution is 0.0923. The molecule has 0 aliphatic heterocycles. The fourth-order valence-electron chi connectivity index (χ4n) is 2.92. The Bertz CT molecular complexity index is 1270. The third kappa shape index (κ3) is 6.63. The molecule has 0 unspecified atom stereocenters. The summed E-state index contributed by atoms with van der Waals surface area (Å²) in [7, 11) is 0. The number of nitrogens with one attached hydrogen (secondary N) is 1. The van der Waals surface area contributed by atoms with Crippen molar-refractivity contribution < 1.29 is 18.7 Å². The van der Waals surface area contributed by atoms with Gasteiger partial charge in [0.05, 0.1) is 16.3 Å². The minimum Gasteiger partial charge on any atom is -0.489 e. The lowest BCUT2D eigenvalue weighted by Gasteiger charge is -2.07. The van der Waals surface area contributed by atoms with E-state index in [1.54, 1.807) is 24.3 Å². The minimum absolute atomic E-state index is 0.148. The molecule has 0 radical (unpaired) electrons. The number of hydrogen-bond acceptors (Lipinski definition) is 5. The number of benzene rings is 3. The standard InChI is InChI=1S/C26H20Cl2N2O4/c27-23-12-8-19(14-24(23)28)16-32-21-9-6-18(7-10-21)15-29-30-26(31)25-13-11-22(34-25)17-33-20-4-2-1-3-5-20/h1-15H,16-17H2,(H,30,31). The highest BCUT2D eigenvalue weighted by Crippen LogP contribution is 2.23. The van der Waals surface area contributed by atoms with E-state index in [1.807, 2.05) is 60.7 Å². The maximum atomic E-state index is 12.2. The molecular formula is C26H20Cl2N2O4. The highest BCUT2D eigenvalue weighted by molar-refractivity contribution is 6.42. The van der Waals surface area contributed by atoms with Crippen LogP contribution in [0.2, 0.25) is 10.0 Å². The highest BCUT2D eigenvalue weighted by atomic mass is 35.5. The Hall–Kier alpha value is -3.74. The number of hydrogen-bond donors (Lipinski definition) is 1. The number of carbonyl (C=O) groups is 1. The van der Waals surface area contributed by atoms with Crippen molar-refractivity contribution in [3.05, 3.63) is 118 Å². The van der Waals surface area contributed by atoms with Gasteiger partial charge < -0.3 is 13.9 Å². The summed E-state index contributed by atoms with van der Waals surface area (Å²) in [6.45, 7) is 0.585. The fraction of sp³-hybridized carbons (Fsp3) is 0.0769. The molecule has 34 heavy (non-hydrogen) atoms. The second-order valence-corrected chi connectivity index (χ2v) is 7.99. The molecular weight excluding hydrogens is 475 g/mol. The molecule has 1 N–H and O–H groups in total. The molecule has 8 heteroatoms. The number of furan rings is 1. The Morgan fingerprint density at radius 3 is 2.35 bits per heavy atom. The van der Waals surface area contributed by atoms with E-state index in [0.717, 1.165) is 16.9 Å². The zero-order chi connectivity index (χ0) is 23.8. The van der Waals surface area contributed by atoms with Crippen LogP contribution in [0.15, 0.2) is 94.4 Å². The van der Waals surface area contributed by atoms with Crippen molar-refractivity contribution in [1.29, 1.82) is 0 Å². The summed E-state index contributed by atoms with van der Waals surface area (Å²) in [5.41, 5.74) is 4.15. The lowest BCUT2D eigenvalue weighted by atomic mass is 10.2. The van der Waals surface area contributed by atoms with Gasteiger partial charge in [-0.25, -0.2) is 5.43 Å². The number of ether oxygens (including phenoxy) is 2. The summed E-state index contributed by atoms with van der Waals surface area (Å²) in [6, 6.07) is 25.3. The Kier molecular flexibility index (Phi) is 7.86. The van der Waals surface area contributed by atoms with E-state index >= 15 is 0 Å². The van der Waals surface area contributed by atoms with Gasteiger partial charge in [0, 0.05) is 0 Å². The highest BCUT2D eigenvalue weighted by Gasteiger charge is 2.11. The lowest BCUT2D eigenvalue weighted by Crippen LogP contribution is -2.16. The minimum atomic E-state index is -0.455. The third-order valence-electron chi connectivity index (χ3n) is 4.66. The average Bonchev–Trinajstić information content (AvgIpc) is 3.34. The largest absolute Gasteiger partial charge is 0.489 e. The number of hydrazone groups is 1. The van der Waals surface area contributed by atoms with E-state index < -0.39 is 5.91 Å². The van der Waals surface area contributed by atoms with Gasteiger partial charge in [-0.2, -0.15) is 5.10 Å². The van der Waals surface area contributed by atoms with E-state index in [0.29, 0.717) is 28.2 Å². The predicted molar refractivity (Wildman–Crippen MR) is 132 cm³/mol. The summed E-state index contributed by atoms with van der Waals surface area (Å²) < 4.78 is 16.9. The van der Waals surface area contributed by atoms with Gasteiger partial charge in [0.1, 0.15) is 30.5 Å². The first-order valence-electron chi connectivity index (χ1n) is 10.3. The quantitative estimate of drug-likeness (QED) is 0.212. The molecule has 0 fully saturated rings. The predicted octanol–water partition coefficient (Wildman–Crippen LogP) is 6.51. The summed E-state index contributed by atoms with van der Waals surface area (Å²) in [6.07, 6.45) is 1.53. The van der Waals surface area contributed by atoms with Crippen LogP contribution in [-0.4, -0.2) is 12.1 Å². The topological polar surface area (TPSA) is 73.1 Å². The van der Waals surface area contributed by atoms with Crippen LogP contribution in [-0.2, 0) is 13.2 Å². The molecule has 1 amide bonds. The van der Waals surface area contributed by atoms with Gasteiger partial charge in [0.2, 0.25) is 0 Å². The molecule has 1 heterocycles. The van der Waals surface area contributed by atoms with Gasteiger partial charge in [-0.15, -0.1) is 0 Å². The first kappa shape index (κ1) is 23.4. The molecule has 1 aromatic heterocycles. The number of halogens is 2. The summed E-state index contributed by atoms with van der Waals surface area (Å²) in [5, 5.41) is 4.97. The summed E-state index contributed by atoms with van der Waals surface area (Å²) in [4.78, 5) is 12.2. The van der Waals surface area contributed by atoms with Gasteiger partial charge in [-0.1, -0.05) is 47.5 Å². The Labute approximate surface area is 206 Å². The molecule has 6 nitrogen and oxygen atoms in total. The summed E-state index contributed by atoms with van der Waals surface area (Å²) in [5.74, 6) is 1.64. The summed E-state index contributed by atoms with van der Waals surface area (Å²) >= 11 is 11.9. The van der Waals surface area contributed by atoms with E-state index in [1.165, 1.54) is 6.21 Å². The van der Waals surface area contributed by atoms with Crippen LogP contribution in [0.4, 0.5) is 0 Å². The van der Waals surface area contributed by atoms with E-state index in [2.05, 4.69) is 10.5 Å².